The highest BCUT2D eigenvalue weighted by Crippen LogP contribution is 2.26. The minimum absolute atomic E-state index is 1.09. The molecule has 0 radical (unpaired) electrons. The Morgan fingerprint density at radius 3 is 3.08 bits per heavy atom. The fraction of sp³-hybridized carbons (Fsp3) is 0.455. The molecule has 0 aromatic heterocycles. The summed E-state index contributed by atoms with van der Waals surface area (Å²) in [6.45, 7) is 1.20. The third-order valence-electron chi connectivity index (χ3n) is 2.60. The van der Waals surface area contributed by atoms with Crippen LogP contribution in [0.15, 0.2) is 35.6 Å². The molecule has 0 fully saturated rings. The van der Waals surface area contributed by atoms with Crippen LogP contribution in [-0.4, -0.2) is 18.5 Å². The predicted molar refractivity (Wildman–Crippen MR) is 51.8 cm³/mol. The van der Waals surface area contributed by atoms with Crippen LogP contribution in [0.3, 0.4) is 0 Å². The lowest BCUT2D eigenvalue weighted by molar-refractivity contribution is 0.471. The molecular formula is C11H15N. The number of nitrogens with zero attached hydrogens (tertiary/aromatic N) is 1. The molecule has 0 saturated heterocycles. The highest BCUT2D eigenvalue weighted by atomic mass is 15.1. The van der Waals surface area contributed by atoms with E-state index in [1.807, 2.05) is 0 Å². The van der Waals surface area contributed by atoms with Crippen LogP contribution in [0.25, 0.3) is 0 Å². The molecule has 0 amide bonds. The molecule has 0 N–H and O–H groups in total. The Balaban J connectivity index is 2.29. The van der Waals surface area contributed by atoms with E-state index in [9.17, 15) is 0 Å². The molecule has 12 heavy (non-hydrogen) atoms. The maximum atomic E-state index is 2.35. The molecule has 1 aliphatic heterocycles. The second-order valence-corrected chi connectivity index (χ2v) is 3.47. The Kier molecular flexibility index (Phi) is 2.03. The zero-order chi connectivity index (χ0) is 8.39. The first-order valence-corrected chi connectivity index (χ1v) is 4.62. The van der Waals surface area contributed by atoms with E-state index in [0.29, 0.717) is 0 Å². The summed E-state index contributed by atoms with van der Waals surface area (Å²) in [5.41, 5.74) is 3.06. The van der Waals surface area contributed by atoms with Crippen molar-refractivity contribution in [2.45, 2.75) is 19.3 Å². The molecule has 1 heteroatoms. The van der Waals surface area contributed by atoms with Gasteiger partial charge in [-0.25, -0.2) is 0 Å². The molecule has 1 heterocycles. The lowest BCUT2D eigenvalue weighted by Gasteiger charge is -2.13. The molecule has 0 aromatic rings. The quantitative estimate of drug-likeness (QED) is 0.493. The van der Waals surface area contributed by atoms with Gasteiger partial charge in [-0.1, -0.05) is 18.2 Å². The summed E-state index contributed by atoms with van der Waals surface area (Å²) in [4.78, 5) is 2.35. The van der Waals surface area contributed by atoms with E-state index in [4.69, 9.17) is 0 Å². The van der Waals surface area contributed by atoms with E-state index in [0.717, 1.165) is 12.8 Å². The van der Waals surface area contributed by atoms with Gasteiger partial charge in [0.05, 0.1) is 0 Å². The highest BCUT2D eigenvalue weighted by Gasteiger charge is 2.15. The predicted octanol–water partition coefficient (Wildman–Crippen LogP) is 2.48. The van der Waals surface area contributed by atoms with Gasteiger partial charge in [0.1, 0.15) is 0 Å². The summed E-state index contributed by atoms with van der Waals surface area (Å²) in [6, 6.07) is 0. The molecule has 1 aliphatic carbocycles. The van der Waals surface area contributed by atoms with E-state index >= 15 is 0 Å². The van der Waals surface area contributed by atoms with Gasteiger partial charge in [0.15, 0.2) is 0 Å². The van der Waals surface area contributed by atoms with Crippen LogP contribution in [-0.2, 0) is 0 Å². The smallest absolute Gasteiger partial charge is 0.0356 e. The van der Waals surface area contributed by atoms with Crippen LogP contribution < -0.4 is 0 Å². The normalized spacial score (nSPS) is 27.9. The van der Waals surface area contributed by atoms with Gasteiger partial charge < -0.3 is 4.90 Å². The molecule has 0 aromatic carbocycles. The first-order chi connectivity index (χ1) is 5.88. The van der Waals surface area contributed by atoms with Gasteiger partial charge in [0, 0.05) is 19.3 Å². The number of likely N-dealkylation sites (N-methyl/N-ethyl adjacent to an activating group) is 1. The molecule has 0 unspecified atom stereocenters. The number of hydrogen-bond acceptors (Lipinski definition) is 1. The Labute approximate surface area is 74.1 Å². The molecule has 1 nitrogen and oxygen atoms in total. The van der Waals surface area contributed by atoms with E-state index in [-0.39, 0.29) is 0 Å². The Morgan fingerprint density at radius 1 is 1.25 bits per heavy atom. The van der Waals surface area contributed by atoms with Crippen molar-refractivity contribution in [2.75, 3.05) is 13.6 Å². The van der Waals surface area contributed by atoms with Gasteiger partial charge in [-0.05, 0) is 30.9 Å². The third-order valence-corrected chi connectivity index (χ3v) is 2.60. The Bertz CT molecular complexity index is 258. The van der Waals surface area contributed by atoms with Gasteiger partial charge in [0.2, 0.25) is 0 Å². The maximum Gasteiger partial charge on any atom is 0.0356 e. The van der Waals surface area contributed by atoms with Crippen LogP contribution in [0.1, 0.15) is 19.3 Å². The van der Waals surface area contributed by atoms with Crippen molar-refractivity contribution in [3.8, 4) is 0 Å². The van der Waals surface area contributed by atoms with E-state index in [1.54, 1.807) is 5.57 Å². The van der Waals surface area contributed by atoms with Crippen molar-refractivity contribution in [1.82, 2.24) is 4.90 Å². The molecular weight excluding hydrogens is 146 g/mol. The maximum absolute atomic E-state index is 2.35. The number of allylic oxidation sites excluding steroid dienone is 4. The zero-order valence-electron chi connectivity index (χ0n) is 7.59. The number of hydrogen-bond donors (Lipinski definition) is 0. The number of rotatable bonds is 0. The minimum atomic E-state index is 1.09. The monoisotopic (exact) mass is 161 g/mol. The lowest BCUT2D eigenvalue weighted by atomic mass is 10.1. The van der Waals surface area contributed by atoms with Crippen molar-refractivity contribution in [2.24, 2.45) is 0 Å². The SMILES string of the molecule is CN1CCC2=C1/C=C\C/C=C\C2. The van der Waals surface area contributed by atoms with Gasteiger partial charge in [0.25, 0.3) is 0 Å². The van der Waals surface area contributed by atoms with E-state index in [1.165, 1.54) is 18.7 Å². The first kappa shape index (κ1) is 7.66. The van der Waals surface area contributed by atoms with E-state index < -0.39 is 0 Å². The first-order valence-electron chi connectivity index (χ1n) is 4.62. The zero-order valence-corrected chi connectivity index (χ0v) is 7.59. The molecule has 0 atom stereocenters. The summed E-state index contributed by atoms with van der Waals surface area (Å²) in [6.07, 6.45) is 12.5. The second-order valence-electron chi connectivity index (χ2n) is 3.47. The standard InChI is InChI=1S/C11H15N/c1-12-9-8-10-6-4-2-3-5-7-11(10)12/h2,4-5,7H,3,6,8-9H2,1H3/b4-2-,7-5-. The molecule has 2 aliphatic rings. The largest absolute Gasteiger partial charge is 0.374 e. The molecule has 0 bridgehead atoms. The van der Waals surface area contributed by atoms with Gasteiger partial charge in [-0.15, -0.1) is 0 Å². The van der Waals surface area contributed by atoms with Crippen molar-refractivity contribution in [3.63, 3.8) is 0 Å². The van der Waals surface area contributed by atoms with E-state index in [2.05, 4.69) is 36.3 Å². The fourth-order valence-corrected chi connectivity index (χ4v) is 1.85. The second kappa shape index (κ2) is 3.18. The van der Waals surface area contributed by atoms with Gasteiger partial charge >= 0.3 is 0 Å². The molecule has 0 spiro atoms. The van der Waals surface area contributed by atoms with Gasteiger partial charge in [-0.3, -0.25) is 0 Å². The van der Waals surface area contributed by atoms with Crippen LogP contribution in [0.2, 0.25) is 0 Å². The summed E-state index contributed by atoms with van der Waals surface area (Å²) in [5.74, 6) is 0. The molecule has 2 rings (SSSR count). The van der Waals surface area contributed by atoms with Crippen molar-refractivity contribution < 1.29 is 0 Å². The lowest BCUT2D eigenvalue weighted by Crippen LogP contribution is -2.11. The highest BCUT2D eigenvalue weighted by molar-refractivity contribution is 5.31. The fourth-order valence-electron chi connectivity index (χ4n) is 1.85. The third kappa shape index (κ3) is 1.31. The van der Waals surface area contributed by atoms with Crippen LogP contribution in [0.5, 0.6) is 0 Å². The average Bonchev–Trinajstić information content (AvgIpc) is 2.31. The molecule has 0 saturated carbocycles. The average molecular weight is 161 g/mol. The van der Waals surface area contributed by atoms with Crippen LogP contribution in [0.4, 0.5) is 0 Å². The summed E-state index contributed by atoms with van der Waals surface area (Å²) >= 11 is 0. The topological polar surface area (TPSA) is 3.24 Å². The molecule has 64 valence electrons. The minimum Gasteiger partial charge on any atom is -0.374 e. The van der Waals surface area contributed by atoms with Crippen LogP contribution in [0, 0.1) is 0 Å². The summed E-state index contributed by atoms with van der Waals surface area (Å²) < 4.78 is 0. The van der Waals surface area contributed by atoms with Crippen molar-refractivity contribution >= 4 is 0 Å². The van der Waals surface area contributed by atoms with Crippen LogP contribution >= 0.6 is 0 Å². The van der Waals surface area contributed by atoms with Crippen molar-refractivity contribution in [1.29, 1.82) is 0 Å². The van der Waals surface area contributed by atoms with Crippen molar-refractivity contribution in [3.05, 3.63) is 35.6 Å². The Morgan fingerprint density at radius 2 is 2.17 bits per heavy atom. The summed E-state index contributed by atoms with van der Waals surface area (Å²) in [7, 11) is 2.18. The Hall–Kier alpha value is -0.980. The summed E-state index contributed by atoms with van der Waals surface area (Å²) in [5, 5.41) is 0. The van der Waals surface area contributed by atoms with Gasteiger partial charge in [-0.2, -0.15) is 0 Å².